The fourth-order valence-corrected chi connectivity index (χ4v) is 6.47. The quantitative estimate of drug-likeness (QED) is 0.274. The minimum atomic E-state index is -3.76. The zero-order chi connectivity index (χ0) is 27.3. The van der Waals surface area contributed by atoms with Crippen LogP contribution < -0.4 is 9.46 Å². The van der Waals surface area contributed by atoms with Crippen molar-refractivity contribution in [3.8, 4) is 22.6 Å². The summed E-state index contributed by atoms with van der Waals surface area (Å²) in [6.45, 7) is 4.02. The first kappa shape index (κ1) is 27.1. The third-order valence-electron chi connectivity index (χ3n) is 7.18. The third kappa shape index (κ3) is 6.40. The molecule has 0 aliphatic carbocycles. The highest BCUT2D eigenvalue weighted by molar-refractivity contribution is 7.89. The lowest BCUT2D eigenvalue weighted by molar-refractivity contribution is -0.0298. The van der Waals surface area contributed by atoms with Crippen LogP contribution in [-0.4, -0.2) is 38.1 Å². The number of sulfonamides is 1. The van der Waals surface area contributed by atoms with Gasteiger partial charge in [0.25, 0.3) is 0 Å². The average Bonchev–Trinajstić information content (AvgIpc) is 2.95. The highest BCUT2D eigenvalue weighted by Gasteiger charge is 2.38. The number of benzene rings is 4. The molecule has 6 nitrogen and oxygen atoms in total. The van der Waals surface area contributed by atoms with Crippen molar-refractivity contribution in [1.82, 2.24) is 9.62 Å². The van der Waals surface area contributed by atoms with Gasteiger partial charge in [0.1, 0.15) is 11.5 Å². The minimum Gasteiger partial charge on any atom is -0.457 e. The Labute approximate surface area is 230 Å². The van der Waals surface area contributed by atoms with Crippen LogP contribution in [0.1, 0.15) is 30.9 Å². The van der Waals surface area contributed by atoms with Gasteiger partial charge in [0, 0.05) is 31.7 Å². The van der Waals surface area contributed by atoms with Crippen LogP contribution in [-0.2, 0) is 22.2 Å². The van der Waals surface area contributed by atoms with Gasteiger partial charge in [0.2, 0.25) is 10.0 Å². The minimum absolute atomic E-state index is 0.144. The van der Waals surface area contributed by atoms with Gasteiger partial charge < -0.3 is 9.84 Å². The maximum absolute atomic E-state index is 13.1. The zero-order valence-corrected chi connectivity index (χ0v) is 22.9. The molecule has 0 saturated carbocycles. The van der Waals surface area contributed by atoms with Crippen molar-refractivity contribution in [1.29, 1.82) is 0 Å². The molecule has 0 atom stereocenters. The Balaban J connectivity index is 1.35. The maximum Gasteiger partial charge on any atom is 0.240 e. The molecule has 0 bridgehead atoms. The molecule has 0 amide bonds. The van der Waals surface area contributed by atoms with E-state index in [1.165, 1.54) is 0 Å². The van der Waals surface area contributed by atoms with E-state index in [-0.39, 0.29) is 11.4 Å². The Bertz CT molecular complexity index is 1500. The fourth-order valence-electron chi connectivity index (χ4n) is 5.15. The van der Waals surface area contributed by atoms with Gasteiger partial charge in [0.05, 0.1) is 10.5 Å². The van der Waals surface area contributed by atoms with E-state index >= 15 is 0 Å². The van der Waals surface area contributed by atoms with Crippen LogP contribution >= 0.6 is 0 Å². The molecule has 1 heterocycles. The largest absolute Gasteiger partial charge is 0.457 e. The summed E-state index contributed by atoms with van der Waals surface area (Å²) in [4.78, 5) is 2.43. The summed E-state index contributed by atoms with van der Waals surface area (Å²) in [5.74, 6) is 1.57. The summed E-state index contributed by atoms with van der Waals surface area (Å²) < 4.78 is 34.8. The van der Waals surface area contributed by atoms with E-state index in [0.29, 0.717) is 38.0 Å². The zero-order valence-electron chi connectivity index (χ0n) is 22.1. The van der Waals surface area contributed by atoms with Crippen molar-refractivity contribution in [2.45, 2.75) is 36.8 Å². The lowest BCUT2D eigenvalue weighted by Crippen LogP contribution is -2.43. The van der Waals surface area contributed by atoms with E-state index in [2.05, 4.69) is 15.7 Å². The van der Waals surface area contributed by atoms with E-state index in [1.54, 1.807) is 13.0 Å². The Kier molecular flexibility index (Phi) is 8.14. The van der Waals surface area contributed by atoms with Crippen molar-refractivity contribution in [2.75, 3.05) is 19.6 Å². The number of hydrogen-bond donors (Lipinski definition) is 2. The molecule has 2 N–H and O–H groups in total. The Hall–Kier alpha value is -3.49. The highest BCUT2D eigenvalue weighted by atomic mass is 32.2. The summed E-state index contributed by atoms with van der Waals surface area (Å²) in [6.07, 6.45) is 0.861. The summed E-state index contributed by atoms with van der Waals surface area (Å²) in [6, 6.07) is 32.8. The average molecular weight is 543 g/mol. The van der Waals surface area contributed by atoms with Gasteiger partial charge in [-0.05, 0) is 65.9 Å². The molecule has 0 aromatic heterocycles. The molecular weight excluding hydrogens is 508 g/mol. The van der Waals surface area contributed by atoms with Crippen molar-refractivity contribution in [2.24, 2.45) is 0 Å². The Morgan fingerprint density at radius 2 is 1.49 bits per heavy atom. The maximum atomic E-state index is 13.1. The van der Waals surface area contributed by atoms with E-state index in [4.69, 9.17) is 4.74 Å². The smallest absolute Gasteiger partial charge is 0.240 e. The van der Waals surface area contributed by atoms with Gasteiger partial charge in [-0.1, -0.05) is 73.7 Å². The van der Waals surface area contributed by atoms with Crippen LogP contribution in [0, 0.1) is 0 Å². The van der Waals surface area contributed by atoms with Gasteiger partial charge in [-0.2, -0.15) is 0 Å². The topological polar surface area (TPSA) is 78.9 Å². The van der Waals surface area contributed by atoms with Crippen LogP contribution in [0.25, 0.3) is 11.1 Å². The molecule has 4 aromatic rings. The Morgan fingerprint density at radius 1 is 0.821 bits per heavy atom. The summed E-state index contributed by atoms with van der Waals surface area (Å²) in [7, 11) is -3.76. The van der Waals surface area contributed by atoms with Crippen molar-refractivity contribution in [3.05, 3.63) is 114 Å². The van der Waals surface area contributed by atoms with Crippen LogP contribution in [0.2, 0.25) is 0 Å². The third-order valence-corrected chi connectivity index (χ3v) is 8.78. The first-order chi connectivity index (χ1) is 18.9. The van der Waals surface area contributed by atoms with Crippen LogP contribution in [0.15, 0.2) is 108 Å². The number of nitrogens with zero attached hydrogens (tertiary/aromatic N) is 1. The lowest BCUT2D eigenvalue weighted by Gasteiger charge is -2.39. The number of aliphatic hydroxyl groups is 1. The van der Waals surface area contributed by atoms with Crippen LogP contribution in [0.4, 0.5) is 0 Å². The second-order valence-corrected chi connectivity index (χ2v) is 11.7. The molecular formula is C32H34N2O4S. The second kappa shape index (κ2) is 11.7. The predicted molar refractivity (Wildman–Crippen MR) is 154 cm³/mol. The predicted octanol–water partition coefficient (Wildman–Crippen LogP) is 5.93. The molecule has 1 fully saturated rings. The van der Waals surface area contributed by atoms with Gasteiger partial charge in [0.15, 0.2) is 0 Å². The molecule has 1 aliphatic rings. The summed E-state index contributed by atoms with van der Waals surface area (Å²) in [5.41, 5.74) is 2.19. The second-order valence-electron chi connectivity index (χ2n) is 9.95. The van der Waals surface area contributed by atoms with E-state index < -0.39 is 15.6 Å². The number of hydrogen-bond acceptors (Lipinski definition) is 5. The highest BCUT2D eigenvalue weighted by Crippen LogP contribution is 2.39. The summed E-state index contributed by atoms with van der Waals surface area (Å²) in [5, 5.41) is 11.9. The Morgan fingerprint density at radius 3 is 2.18 bits per heavy atom. The van der Waals surface area contributed by atoms with Gasteiger partial charge in [-0.15, -0.1) is 0 Å². The molecule has 5 rings (SSSR count). The lowest BCUT2D eigenvalue weighted by atomic mass is 9.83. The van der Waals surface area contributed by atoms with Gasteiger partial charge in [-0.3, -0.25) is 4.90 Å². The van der Waals surface area contributed by atoms with E-state index in [0.717, 1.165) is 28.2 Å². The molecule has 0 unspecified atom stereocenters. The monoisotopic (exact) mass is 542 g/mol. The molecule has 0 spiro atoms. The van der Waals surface area contributed by atoms with Crippen molar-refractivity contribution in [3.63, 3.8) is 0 Å². The SMILES string of the molecule is CCNS(=O)(=O)c1ccc(-c2ccccc2)cc1C1(O)CCN(Cc2cccc(Oc3ccccc3)c2)CC1. The number of para-hydroxylation sites is 1. The standard InChI is InChI=1S/C32H34N2O4S/c1-2-33-39(36,37)31-17-16-27(26-11-5-3-6-12-26)23-30(31)32(35)18-20-34(21-19-32)24-25-10-9-15-29(22-25)38-28-13-7-4-8-14-28/h3-17,22-23,33,35H,2,18-21,24H2,1H3. The van der Waals surface area contributed by atoms with Crippen molar-refractivity contribution >= 4 is 10.0 Å². The molecule has 7 heteroatoms. The number of piperidine rings is 1. The first-order valence-electron chi connectivity index (χ1n) is 13.3. The van der Waals surface area contributed by atoms with Crippen molar-refractivity contribution < 1.29 is 18.3 Å². The number of likely N-dealkylation sites (tertiary alicyclic amines) is 1. The number of rotatable bonds is 9. The fraction of sp³-hybridized carbons (Fsp3) is 0.250. The van der Waals surface area contributed by atoms with E-state index in [9.17, 15) is 13.5 Å². The molecule has 1 saturated heterocycles. The molecule has 202 valence electrons. The summed E-state index contributed by atoms with van der Waals surface area (Å²) >= 11 is 0. The van der Waals surface area contributed by atoms with Crippen LogP contribution in [0.3, 0.4) is 0 Å². The molecule has 39 heavy (non-hydrogen) atoms. The number of nitrogens with one attached hydrogen (secondary N) is 1. The molecule has 0 radical (unpaired) electrons. The normalized spacial score (nSPS) is 15.6. The van der Waals surface area contributed by atoms with E-state index in [1.807, 2.05) is 91.0 Å². The molecule has 4 aromatic carbocycles. The van der Waals surface area contributed by atoms with Gasteiger partial charge >= 0.3 is 0 Å². The first-order valence-corrected chi connectivity index (χ1v) is 14.8. The van der Waals surface area contributed by atoms with Crippen LogP contribution in [0.5, 0.6) is 11.5 Å². The number of ether oxygens (including phenoxy) is 1. The van der Waals surface area contributed by atoms with Gasteiger partial charge in [-0.25, -0.2) is 13.1 Å². The molecule has 1 aliphatic heterocycles.